The lowest BCUT2D eigenvalue weighted by Gasteiger charge is -2.12. The first-order valence-electron chi connectivity index (χ1n) is 8.38. The highest BCUT2D eigenvalue weighted by molar-refractivity contribution is 7.16. The lowest BCUT2D eigenvalue weighted by Crippen LogP contribution is -2.20. The second-order valence-electron chi connectivity index (χ2n) is 6.19. The molecule has 3 heterocycles. The molecule has 0 saturated heterocycles. The molecule has 0 aliphatic heterocycles. The lowest BCUT2D eigenvalue weighted by molar-refractivity contribution is -0.141. The Morgan fingerprint density at radius 3 is 2.64 bits per heavy atom. The number of alkyl halides is 3. The molecule has 7 nitrogen and oxygen atoms in total. The predicted molar refractivity (Wildman–Crippen MR) is 95.6 cm³/mol. The summed E-state index contributed by atoms with van der Waals surface area (Å²) in [5.74, 6) is -0.776. The van der Waals surface area contributed by atoms with Gasteiger partial charge in [-0.1, -0.05) is 18.3 Å². The number of carbonyl (C=O) groups excluding carboxylic acids is 1. The smallest absolute Gasteiger partial charge is 0.406 e. The van der Waals surface area contributed by atoms with Gasteiger partial charge in [-0.05, 0) is 26.3 Å². The normalized spacial score (nSPS) is 11.9. The third kappa shape index (κ3) is 4.08. The minimum absolute atomic E-state index is 0.0469. The Morgan fingerprint density at radius 1 is 1.29 bits per heavy atom. The number of hydrogen-bond donors (Lipinski definition) is 0. The number of rotatable bonds is 5. The van der Waals surface area contributed by atoms with Crippen molar-refractivity contribution in [2.45, 2.75) is 46.5 Å². The third-order valence-electron chi connectivity index (χ3n) is 4.12. The van der Waals surface area contributed by atoms with Crippen LogP contribution in [0.1, 0.15) is 39.4 Å². The van der Waals surface area contributed by atoms with Gasteiger partial charge in [0, 0.05) is 17.5 Å². The zero-order valence-corrected chi connectivity index (χ0v) is 16.1. The topological polar surface area (TPSA) is 78.5 Å². The van der Waals surface area contributed by atoms with Gasteiger partial charge in [0.1, 0.15) is 18.2 Å². The zero-order chi connectivity index (χ0) is 20.6. The summed E-state index contributed by atoms with van der Waals surface area (Å²) >= 11 is 1.26. The number of aryl methyl sites for hydroxylation is 2. The molecule has 0 amide bonds. The minimum atomic E-state index is -4.40. The molecule has 0 unspecified atom stereocenters. The first-order chi connectivity index (χ1) is 13.1. The number of carbonyl (C=O) groups is 1. The molecule has 28 heavy (non-hydrogen) atoms. The van der Waals surface area contributed by atoms with Gasteiger partial charge in [-0.3, -0.25) is 4.79 Å². The number of nitrogens with zero attached hydrogens (tertiary/aromatic N) is 4. The number of fused-ring (bicyclic) bond motifs is 1. The van der Waals surface area contributed by atoms with Crippen LogP contribution in [0.2, 0.25) is 0 Å². The van der Waals surface area contributed by atoms with E-state index in [9.17, 15) is 22.8 Å². The molecule has 0 N–H and O–H groups in total. The largest absolute Gasteiger partial charge is 0.456 e. The van der Waals surface area contributed by atoms with Crippen molar-refractivity contribution >= 4 is 22.3 Å². The molecule has 0 saturated carbocycles. The van der Waals surface area contributed by atoms with Gasteiger partial charge in [0.2, 0.25) is 4.96 Å². The summed E-state index contributed by atoms with van der Waals surface area (Å²) in [6.07, 6.45) is -3.74. The van der Waals surface area contributed by atoms with Crippen LogP contribution in [0.4, 0.5) is 13.2 Å². The first kappa shape index (κ1) is 20.1. The molecule has 0 bridgehead atoms. The number of ether oxygens (including phenoxy) is 1. The summed E-state index contributed by atoms with van der Waals surface area (Å²) in [6.45, 7) is 3.36. The van der Waals surface area contributed by atoms with Crippen LogP contribution in [0.15, 0.2) is 16.9 Å². The van der Waals surface area contributed by atoms with Gasteiger partial charge in [0.05, 0.1) is 11.3 Å². The summed E-state index contributed by atoms with van der Waals surface area (Å²) in [7, 11) is 0. The molecular formula is C17H17F3N4O3S. The van der Waals surface area contributed by atoms with Gasteiger partial charge in [-0.2, -0.15) is 22.8 Å². The Morgan fingerprint density at radius 2 is 2.00 bits per heavy atom. The van der Waals surface area contributed by atoms with E-state index in [1.54, 1.807) is 0 Å². The Labute approximate surface area is 161 Å². The van der Waals surface area contributed by atoms with Crippen molar-refractivity contribution < 1.29 is 22.7 Å². The highest BCUT2D eigenvalue weighted by Crippen LogP contribution is 2.23. The number of esters is 1. The molecule has 3 aromatic heterocycles. The van der Waals surface area contributed by atoms with Crippen LogP contribution in [0.3, 0.4) is 0 Å². The summed E-state index contributed by atoms with van der Waals surface area (Å²) in [6, 6.07) is 2.57. The highest BCUT2D eigenvalue weighted by Gasteiger charge is 2.30. The maximum atomic E-state index is 12.7. The van der Waals surface area contributed by atoms with Crippen molar-refractivity contribution in [1.82, 2.24) is 19.2 Å². The fourth-order valence-corrected chi connectivity index (χ4v) is 3.62. The zero-order valence-electron chi connectivity index (χ0n) is 15.3. The summed E-state index contributed by atoms with van der Waals surface area (Å²) in [5.41, 5.74) is 0.365. The third-order valence-corrected chi connectivity index (χ3v) is 5.18. The quantitative estimate of drug-likeness (QED) is 0.600. The van der Waals surface area contributed by atoms with Gasteiger partial charge in [0.25, 0.3) is 5.56 Å². The fraction of sp³-hybridized carbons (Fsp3) is 0.412. The van der Waals surface area contributed by atoms with E-state index >= 15 is 0 Å². The summed E-state index contributed by atoms with van der Waals surface area (Å²) < 4.78 is 45.4. The van der Waals surface area contributed by atoms with Crippen molar-refractivity contribution in [2.75, 3.05) is 0 Å². The molecular weight excluding hydrogens is 397 g/mol. The summed E-state index contributed by atoms with van der Waals surface area (Å²) in [5, 5.41) is 4.87. The van der Waals surface area contributed by atoms with E-state index < -0.39 is 24.2 Å². The van der Waals surface area contributed by atoms with E-state index in [1.165, 1.54) is 41.8 Å². The number of halogens is 3. The van der Waals surface area contributed by atoms with Crippen molar-refractivity contribution in [3.8, 4) is 0 Å². The molecule has 0 atom stereocenters. The molecule has 150 valence electrons. The van der Waals surface area contributed by atoms with E-state index in [2.05, 4.69) is 10.1 Å². The van der Waals surface area contributed by atoms with E-state index in [0.29, 0.717) is 17.1 Å². The van der Waals surface area contributed by atoms with Gasteiger partial charge in [-0.25, -0.2) is 9.78 Å². The van der Waals surface area contributed by atoms with Crippen LogP contribution >= 0.6 is 11.3 Å². The maximum absolute atomic E-state index is 12.7. The van der Waals surface area contributed by atoms with Crippen molar-refractivity contribution in [2.24, 2.45) is 0 Å². The average Bonchev–Trinajstić information content (AvgIpc) is 3.15. The molecule has 0 aliphatic rings. The van der Waals surface area contributed by atoms with Crippen LogP contribution < -0.4 is 5.56 Å². The van der Waals surface area contributed by atoms with Crippen LogP contribution in [0.5, 0.6) is 0 Å². The van der Waals surface area contributed by atoms with Crippen molar-refractivity contribution in [3.05, 3.63) is 50.1 Å². The minimum Gasteiger partial charge on any atom is -0.456 e. The molecule has 0 aliphatic carbocycles. The van der Waals surface area contributed by atoms with E-state index in [0.717, 1.165) is 9.57 Å². The first-order valence-corrected chi connectivity index (χ1v) is 9.20. The highest BCUT2D eigenvalue weighted by atomic mass is 32.1. The SMILES string of the molecule is CCc1nn2c(=O)cc(COC(=O)c3cc(C)n(CC(F)(F)F)c3C)nc2s1. The fourth-order valence-electron chi connectivity index (χ4n) is 2.76. The molecule has 3 rings (SSSR count). The van der Waals surface area contributed by atoms with Gasteiger partial charge >= 0.3 is 12.1 Å². The second-order valence-corrected chi connectivity index (χ2v) is 7.23. The van der Waals surface area contributed by atoms with Crippen molar-refractivity contribution in [1.29, 1.82) is 0 Å². The van der Waals surface area contributed by atoms with E-state index in [1.807, 2.05) is 6.92 Å². The Bertz CT molecular complexity index is 1100. The molecule has 0 aromatic carbocycles. The molecule has 0 spiro atoms. The Kier molecular flexibility index (Phi) is 5.28. The van der Waals surface area contributed by atoms with Crippen LogP contribution in [-0.4, -0.2) is 31.3 Å². The molecule has 0 radical (unpaired) electrons. The molecule has 0 fully saturated rings. The van der Waals surface area contributed by atoms with Crippen LogP contribution in [0, 0.1) is 13.8 Å². The molecule has 3 aromatic rings. The van der Waals surface area contributed by atoms with Crippen molar-refractivity contribution in [3.63, 3.8) is 0 Å². The van der Waals surface area contributed by atoms with Gasteiger partial charge in [0.15, 0.2) is 0 Å². The standard InChI is InChI=1S/C17H17F3N4O3S/c1-4-13-22-24-14(25)6-11(21-16(24)28-13)7-27-15(26)12-5-9(2)23(10(12)3)8-17(18,19)20/h5-6H,4,7-8H2,1-3H3. The average molecular weight is 414 g/mol. The lowest BCUT2D eigenvalue weighted by atomic mass is 10.2. The number of aromatic nitrogens is 4. The number of hydrogen-bond acceptors (Lipinski definition) is 6. The van der Waals surface area contributed by atoms with Crippen LogP contribution in [0.25, 0.3) is 4.96 Å². The predicted octanol–water partition coefficient (Wildman–Crippen LogP) is 3.05. The monoisotopic (exact) mass is 414 g/mol. The Hall–Kier alpha value is -2.69. The summed E-state index contributed by atoms with van der Waals surface area (Å²) in [4.78, 5) is 29.1. The van der Waals surface area contributed by atoms with E-state index in [4.69, 9.17) is 4.74 Å². The van der Waals surface area contributed by atoms with E-state index in [-0.39, 0.29) is 23.6 Å². The van der Waals surface area contributed by atoms with Gasteiger partial charge < -0.3 is 9.30 Å². The van der Waals surface area contributed by atoms with Gasteiger partial charge in [-0.15, -0.1) is 0 Å². The molecule has 11 heteroatoms. The second kappa shape index (κ2) is 7.38. The maximum Gasteiger partial charge on any atom is 0.406 e. The van der Waals surface area contributed by atoms with Crippen LogP contribution in [-0.2, 0) is 24.3 Å². The Balaban J connectivity index is 1.78.